The maximum atomic E-state index is 10.9. The molecule has 1 N–H and O–H groups in total. The van der Waals surface area contributed by atoms with Crippen LogP contribution in [0.15, 0.2) is 39.5 Å². The molecule has 0 atom stereocenters. The standard InChI is InChI=1S/C11H7BrO2S/c12-8-3-1-2-7(4-8)9-5-15-6-10(9)11(13)14/h1-6H,(H,13,14). The Hall–Kier alpha value is -1.13. The largest absolute Gasteiger partial charge is 0.478 e. The molecule has 1 heterocycles. The second-order valence-electron chi connectivity index (χ2n) is 3.01. The van der Waals surface area contributed by atoms with E-state index in [1.54, 1.807) is 5.38 Å². The summed E-state index contributed by atoms with van der Waals surface area (Å²) in [5.41, 5.74) is 2.05. The van der Waals surface area contributed by atoms with E-state index in [4.69, 9.17) is 5.11 Å². The zero-order valence-corrected chi connectivity index (χ0v) is 10.0. The molecule has 2 nitrogen and oxygen atoms in total. The van der Waals surface area contributed by atoms with Gasteiger partial charge >= 0.3 is 5.97 Å². The number of carboxylic acids is 1. The van der Waals surface area contributed by atoms with Gasteiger partial charge in [-0.2, -0.15) is 11.3 Å². The third kappa shape index (κ3) is 2.11. The van der Waals surface area contributed by atoms with E-state index in [1.807, 2.05) is 29.6 Å². The van der Waals surface area contributed by atoms with Gasteiger partial charge in [0.15, 0.2) is 0 Å². The Balaban J connectivity index is 2.54. The molecule has 0 unspecified atom stereocenters. The van der Waals surface area contributed by atoms with Gasteiger partial charge in [0, 0.05) is 15.4 Å². The first-order valence-corrected chi connectivity index (χ1v) is 5.97. The molecule has 1 aromatic heterocycles. The topological polar surface area (TPSA) is 37.3 Å². The third-order valence-electron chi connectivity index (χ3n) is 2.03. The fourth-order valence-corrected chi connectivity index (χ4v) is 2.57. The van der Waals surface area contributed by atoms with Gasteiger partial charge in [-0.1, -0.05) is 28.1 Å². The number of carbonyl (C=O) groups is 1. The smallest absolute Gasteiger partial charge is 0.337 e. The van der Waals surface area contributed by atoms with Crippen LogP contribution < -0.4 is 0 Å². The van der Waals surface area contributed by atoms with Crippen LogP contribution in [0.25, 0.3) is 11.1 Å². The van der Waals surface area contributed by atoms with Gasteiger partial charge in [-0.3, -0.25) is 0 Å². The lowest BCUT2D eigenvalue weighted by Gasteiger charge is -2.00. The minimum Gasteiger partial charge on any atom is -0.478 e. The first kappa shape index (κ1) is 10.4. The van der Waals surface area contributed by atoms with Gasteiger partial charge in [-0.25, -0.2) is 4.79 Å². The van der Waals surface area contributed by atoms with Crippen molar-refractivity contribution in [3.05, 3.63) is 45.1 Å². The van der Waals surface area contributed by atoms with Crippen molar-refractivity contribution in [2.75, 3.05) is 0 Å². The number of hydrogen-bond donors (Lipinski definition) is 1. The predicted molar refractivity (Wildman–Crippen MR) is 64.4 cm³/mol. The number of hydrogen-bond acceptors (Lipinski definition) is 2. The molecule has 0 fully saturated rings. The van der Waals surface area contributed by atoms with Crippen molar-refractivity contribution in [3.8, 4) is 11.1 Å². The number of thiophene rings is 1. The fourth-order valence-electron chi connectivity index (χ4n) is 1.34. The van der Waals surface area contributed by atoms with E-state index in [0.29, 0.717) is 5.56 Å². The van der Waals surface area contributed by atoms with Gasteiger partial charge in [-0.15, -0.1) is 0 Å². The highest BCUT2D eigenvalue weighted by Gasteiger charge is 2.12. The Labute approximate surface area is 99.3 Å². The number of rotatable bonds is 2. The molecule has 0 spiro atoms. The Morgan fingerprint density at radius 3 is 2.80 bits per heavy atom. The van der Waals surface area contributed by atoms with E-state index in [2.05, 4.69) is 15.9 Å². The molecule has 0 radical (unpaired) electrons. The molecule has 76 valence electrons. The zero-order chi connectivity index (χ0) is 10.8. The predicted octanol–water partition coefficient (Wildman–Crippen LogP) is 3.88. The van der Waals surface area contributed by atoms with Gasteiger partial charge in [0.25, 0.3) is 0 Å². The Bertz CT molecular complexity index is 505. The monoisotopic (exact) mass is 282 g/mol. The summed E-state index contributed by atoms with van der Waals surface area (Å²) in [7, 11) is 0. The lowest BCUT2D eigenvalue weighted by Crippen LogP contribution is -1.95. The number of aromatic carboxylic acids is 1. The minimum atomic E-state index is -0.883. The Morgan fingerprint density at radius 1 is 1.33 bits per heavy atom. The summed E-state index contributed by atoms with van der Waals surface area (Å²) in [5.74, 6) is -0.883. The normalized spacial score (nSPS) is 10.2. The van der Waals surface area contributed by atoms with Gasteiger partial charge in [0.2, 0.25) is 0 Å². The second-order valence-corrected chi connectivity index (χ2v) is 4.67. The third-order valence-corrected chi connectivity index (χ3v) is 3.26. The van der Waals surface area contributed by atoms with Crippen molar-refractivity contribution in [1.82, 2.24) is 0 Å². The minimum absolute atomic E-state index is 0.359. The summed E-state index contributed by atoms with van der Waals surface area (Å²) < 4.78 is 0.947. The van der Waals surface area contributed by atoms with E-state index < -0.39 is 5.97 Å². The number of halogens is 1. The van der Waals surface area contributed by atoms with Crippen molar-refractivity contribution in [3.63, 3.8) is 0 Å². The molecule has 0 saturated carbocycles. The maximum Gasteiger partial charge on any atom is 0.337 e. The molecule has 0 aliphatic carbocycles. The fraction of sp³-hybridized carbons (Fsp3) is 0. The van der Waals surface area contributed by atoms with Crippen LogP contribution in [0.5, 0.6) is 0 Å². The molecule has 1 aromatic carbocycles. The lowest BCUT2D eigenvalue weighted by atomic mass is 10.1. The molecule has 0 aliphatic rings. The first-order chi connectivity index (χ1) is 7.18. The number of carboxylic acid groups (broad SMARTS) is 1. The average molecular weight is 283 g/mol. The van der Waals surface area contributed by atoms with Gasteiger partial charge in [-0.05, 0) is 23.1 Å². The van der Waals surface area contributed by atoms with Crippen molar-refractivity contribution < 1.29 is 9.90 Å². The molecule has 0 saturated heterocycles. The van der Waals surface area contributed by atoms with Gasteiger partial charge < -0.3 is 5.11 Å². The molecule has 2 rings (SSSR count). The molecule has 0 bridgehead atoms. The van der Waals surface area contributed by atoms with E-state index in [1.165, 1.54) is 11.3 Å². The maximum absolute atomic E-state index is 10.9. The van der Waals surface area contributed by atoms with Crippen LogP contribution in [0.1, 0.15) is 10.4 Å². The van der Waals surface area contributed by atoms with Crippen molar-refractivity contribution in [2.45, 2.75) is 0 Å². The molecule has 15 heavy (non-hydrogen) atoms. The molecular formula is C11H7BrO2S. The highest BCUT2D eigenvalue weighted by atomic mass is 79.9. The van der Waals surface area contributed by atoms with Crippen molar-refractivity contribution in [1.29, 1.82) is 0 Å². The summed E-state index contributed by atoms with van der Waals surface area (Å²) in [6.07, 6.45) is 0. The summed E-state index contributed by atoms with van der Waals surface area (Å²) in [5, 5.41) is 12.5. The lowest BCUT2D eigenvalue weighted by molar-refractivity contribution is 0.0698. The SMILES string of the molecule is O=C(O)c1cscc1-c1cccc(Br)c1. The Kier molecular flexibility index (Phi) is 2.88. The van der Waals surface area contributed by atoms with Crippen LogP contribution in [-0.4, -0.2) is 11.1 Å². The van der Waals surface area contributed by atoms with Crippen molar-refractivity contribution >= 4 is 33.2 Å². The van der Waals surface area contributed by atoms with E-state index in [9.17, 15) is 4.79 Å². The number of benzene rings is 1. The van der Waals surface area contributed by atoms with E-state index in [0.717, 1.165) is 15.6 Å². The highest BCUT2D eigenvalue weighted by molar-refractivity contribution is 9.10. The summed E-state index contributed by atoms with van der Waals surface area (Å²) in [6, 6.07) is 7.62. The quantitative estimate of drug-likeness (QED) is 0.908. The van der Waals surface area contributed by atoms with Crippen LogP contribution in [-0.2, 0) is 0 Å². The van der Waals surface area contributed by atoms with Gasteiger partial charge in [0.1, 0.15) is 0 Å². The van der Waals surface area contributed by atoms with Crippen LogP contribution in [0.4, 0.5) is 0 Å². The molecule has 0 aliphatic heterocycles. The van der Waals surface area contributed by atoms with Crippen LogP contribution >= 0.6 is 27.3 Å². The molecular weight excluding hydrogens is 276 g/mol. The molecule has 2 aromatic rings. The highest BCUT2D eigenvalue weighted by Crippen LogP contribution is 2.29. The first-order valence-electron chi connectivity index (χ1n) is 4.24. The van der Waals surface area contributed by atoms with Crippen LogP contribution in [0.2, 0.25) is 0 Å². The van der Waals surface area contributed by atoms with Crippen molar-refractivity contribution in [2.24, 2.45) is 0 Å². The summed E-state index contributed by atoms with van der Waals surface area (Å²) >= 11 is 4.76. The molecule has 0 amide bonds. The van der Waals surface area contributed by atoms with Crippen LogP contribution in [0, 0.1) is 0 Å². The zero-order valence-electron chi connectivity index (χ0n) is 7.61. The average Bonchev–Trinajstić information content (AvgIpc) is 2.65. The van der Waals surface area contributed by atoms with Gasteiger partial charge in [0.05, 0.1) is 5.56 Å². The molecule has 4 heteroatoms. The summed E-state index contributed by atoms with van der Waals surface area (Å²) in [4.78, 5) is 10.9. The van der Waals surface area contributed by atoms with Crippen LogP contribution in [0.3, 0.4) is 0 Å². The van der Waals surface area contributed by atoms with E-state index >= 15 is 0 Å². The second kappa shape index (κ2) is 4.16. The summed E-state index contributed by atoms with van der Waals surface area (Å²) in [6.45, 7) is 0. The van der Waals surface area contributed by atoms with E-state index in [-0.39, 0.29) is 0 Å². The Morgan fingerprint density at radius 2 is 2.13 bits per heavy atom.